The van der Waals surface area contributed by atoms with Gasteiger partial charge in [0, 0.05) is 5.41 Å². The molecule has 2 heteroatoms. The van der Waals surface area contributed by atoms with E-state index in [2.05, 4.69) is 30.3 Å². The fraction of sp³-hybridized carbons (Fsp3) is 0.632. The van der Waals surface area contributed by atoms with Gasteiger partial charge in [0.05, 0.1) is 6.42 Å². The number of hydrogen-bond acceptors (Lipinski definition) is 2. The van der Waals surface area contributed by atoms with Gasteiger partial charge in [-0.1, -0.05) is 30.3 Å². The second-order valence-electron chi connectivity index (χ2n) is 8.04. The van der Waals surface area contributed by atoms with Crippen LogP contribution in [0.25, 0.3) is 0 Å². The number of carbonyl (C=O) groups excluding carboxylic acids is 1. The zero-order valence-electron chi connectivity index (χ0n) is 12.4. The van der Waals surface area contributed by atoms with Crippen molar-refractivity contribution in [2.75, 3.05) is 0 Å². The molecule has 0 N–H and O–H groups in total. The second kappa shape index (κ2) is 3.91. The van der Waals surface area contributed by atoms with E-state index in [0.717, 1.165) is 17.8 Å². The maximum absolute atomic E-state index is 11.8. The number of ether oxygens (including phenoxy) is 1. The third-order valence-corrected chi connectivity index (χ3v) is 6.82. The highest BCUT2D eigenvalue weighted by Crippen LogP contribution is 2.69. The highest BCUT2D eigenvalue weighted by atomic mass is 16.6. The van der Waals surface area contributed by atoms with Crippen LogP contribution in [0, 0.1) is 23.2 Å². The summed E-state index contributed by atoms with van der Waals surface area (Å²) in [6, 6.07) is 10.6. The van der Waals surface area contributed by atoms with Crippen LogP contribution in [-0.2, 0) is 15.1 Å². The number of esters is 1. The molecule has 5 aliphatic rings. The van der Waals surface area contributed by atoms with Crippen molar-refractivity contribution in [3.05, 3.63) is 35.9 Å². The Bertz CT molecular complexity index is 546. The summed E-state index contributed by atoms with van der Waals surface area (Å²) in [6.07, 6.45) is 8.72. The first-order chi connectivity index (χ1) is 10.2. The van der Waals surface area contributed by atoms with E-state index in [9.17, 15) is 4.79 Å². The Balaban J connectivity index is 1.62. The highest BCUT2D eigenvalue weighted by molar-refractivity contribution is 5.78. The summed E-state index contributed by atoms with van der Waals surface area (Å²) in [5.41, 5.74) is 1.17. The summed E-state index contributed by atoms with van der Waals surface area (Å²) >= 11 is 0. The summed E-state index contributed by atoms with van der Waals surface area (Å²) < 4.78 is 5.96. The molecule has 1 aromatic rings. The van der Waals surface area contributed by atoms with Crippen molar-refractivity contribution in [3.63, 3.8) is 0 Å². The van der Waals surface area contributed by atoms with Crippen LogP contribution in [0.2, 0.25) is 0 Å². The Labute approximate surface area is 125 Å². The molecule has 1 heterocycles. The van der Waals surface area contributed by atoms with Gasteiger partial charge in [0.2, 0.25) is 0 Å². The molecule has 0 aromatic heterocycles. The Hall–Kier alpha value is -1.31. The maximum Gasteiger partial charge on any atom is 0.311 e. The molecule has 4 aliphatic carbocycles. The van der Waals surface area contributed by atoms with Crippen molar-refractivity contribution in [2.45, 2.75) is 50.5 Å². The van der Waals surface area contributed by atoms with Gasteiger partial charge in [0.25, 0.3) is 0 Å². The van der Waals surface area contributed by atoms with Gasteiger partial charge in [0.15, 0.2) is 5.60 Å². The van der Waals surface area contributed by atoms with Crippen molar-refractivity contribution in [1.29, 1.82) is 0 Å². The molecule has 1 aliphatic heterocycles. The predicted molar refractivity (Wildman–Crippen MR) is 79.4 cm³/mol. The van der Waals surface area contributed by atoms with Crippen molar-refractivity contribution in [3.8, 4) is 0 Å². The summed E-state index contributed by atoms with van der Waals surface area (Å²) in [5, 5.41) is 0. The molecule has 0 unspecified atom stereocenters. The van der Waals surface area contributed by atoms with Gasteiger partial charge in [-0.25, -0.2) is 0 Å². The van der Waals surface area contributed by atoms with Gasteiger partial charge in [-0.05, 0) is 61.8 Å². The molecule has 0 spiro atoms. The standard InChI is InChI=1S/C19H22O2/c20-17-12-19(21-17,16-4-2-1-3-5-16)18-9-13-6-14(10-18)8-15(7-13)11-18/h1-5,13-15H,6-12H2/t13?,14?,15?,18?,19-/m1/s1. The smallest absolute Gasteiger partial charge is 0.311 e. The third kappa shape index (κ3) is 1.51. The largest absolute Gasteiger partial charge is 0.453 e. The molecule has 4 bridgehead atoms. The quantitative estimate of drug-likeness (QED) is 0.765. The first-order valence-electron chi connectivity index (χ1n) is 8.47. The van der Waals surface area contributed by atoms with Crippen LogP contribution in [0.3, 0.4) is 0 Å². The molecule has 0 radical (unpaired) electrons. The Kier molecular flexibility index (Phi) is 2.28. The monoisotopic (exact) mass is 282 g/mol. The van der Waals surface area contributed by atoms with E-state index in [-0.39, 0.29) is 17.0 Å². The van der Waals surface area contributed by atoms with Gasteiger partial charge in [-0.2, -0.15) is 0 Å². The Morgan fingerprint density at radius 2 is 1.43 bits per heavy atom. The van der Waals surface area contributed by atoms with E-state index in [1.807, 2.05) is 0 Å². The minimum absolute atomic E-state index is 0.00500. The molecule has 1 aromatic carbocycles. The molecule has 6 rings (SSSR count). The first kappa shape index (κ1) is 12.3. The molecule has 4 saturated carbocycles. The van der Waals surface area contributed by atoms with E-state index < -0.39 is 0 Å². The van der Waals surface area contributed by atoms with Crippen LogP contribution in [0.4, 0.5) is 0 Å². The average Bonchev–Trinajstić information content (AvgIpc) is 2.43. The second-order valence-corrected chi connectivity index (χ2v) is 8.04. The molecular formula is C19H22O2. The lowest BCUT2D eigenvalue weighted by molar-refractivity contribution is -0.254. The zero-order valence-corrected chi connectivity index (χ0v) is 12.4. The van der Waals surface area contributed by atoms with E-state index in [0.29, 0.717) is 6.42 Å². The molecule has 2 nitrogen and oxygen atoms in total. The van der Waals surface area contributed by atoms with Crippen LogP contribution in [-0.4, -0.2) is 5.97 Å². The van der Waals surface area contributed by atoms with Crippen molar-refractivity contribution in [1.82, 2.24) is 0 Å². The Morgan fingerprint density at radius 3 is 1.90 bits per heavy atom. The maximum atomic E-state index is 11.8. The lowest BCUT2D eigenvalue weighted by Gasteiger charge is -2.65. The van der Waals surface area contributed by atoms with E-state index in [1.54, 1.807) is 0 Å². The molecule has 1 atom stereocenters. The molecular weight excluding hydrogens is 260 g/mol. The molecule has 21 heavy (non-hydrogen) atoms. The summed E-state index contributed by atoms with van der Waals surface area (Å²) in [5.74, 6) is 2.65. The van der Waals surface area contributed by atoms with Gasteiger partial charge >= 0.3 is 5.97 Å². The lowest BCUT2D eigenvalue weighted by atomic mass is 9.43. The molecule has 1 saturated heterocycles. The number of hydrogen-bond donors (Lipinski definition) is 0. The summed E-state index contributed by atoms with van der Waals surface area (Å²) in [7, 11) is 0. The zero-order chi connectivity index (χ0) is 14.1. The van der Waals surface area contributed by atoms with Crippen LogP contribution in [0.5, 0.6) is 0 Å². The number of benzene rings is 1. The summed E-state index contributed by atoms with van der Waals surface area (Å²) in [4.78, 5) is 11.8. The fourth-order valence-electron chi connectivity index (χ4n) is 6.46. The van der Waals surface area contributed by atoms with Crippen molar-refractivity contribution in [2.24, 2.45) is 23.2 Å². The van der Waals surface area contributed by atoms with E-state index in [1.165, 1.54) is 44.1 Å². The molecule has 110 valence electrons. The van der Waals surface area contributed by atoms with E-state index in [4.69, 9.17) is 4.74 Å². The lowest BCUT2D eigenvalue weighted by Crippen LogP contribution is -2.63. The average molecular weight is 282 g/mol. The third-order valence-electron chi connectivity index (χ3n) is 6.82. The topological polar surface area (TPSA) is 26.3 Å². The van der Waals surface area contributed by atoms with Gasteiger partial charge in [0.1, 0.15) is 0 Å². The minimum atomic E-state index is -0.304. The fourth-order valence-corrected chi connectivity index (χ4v) is 6.46. The number of cyclic esters (lactones) is 1. The summed E-state index contributed by atoms with van der Waals surface area (Å²) in [6.45, 7) is 0. The molecule has 0 amide bonds. The Morgan fingerprint density at radius 1 is 0.905 bits per heavy atom. The van der Waals surface area contributed by atoms with Gasteiger partial charge < -0.3 is 4.74 Å². The first-order valence-corrected chi connectivity index (χ1v) is 8.47. The molecule has 5 fully saturated rings. The van der Waals surface area contributed by atoms with Crippen LogP contribution in [0.15, 0.2) is 30.3 Å². The van der Waals surface area contributed by atoms with Crippen LogP contribution >= 0.6 is 0 Å². The normalized spacial score (nSPS) is 47.0. The number of carbonyl (C=O) groups is 1. The van der Waals surface area contributed by atoms with Crippen LogP contribution in [0.1, 0.15) is 50.5 Å². The minimum Gasteiger partial charge on any atom is -0.453 e. The van der Waals surface area contributed by atoms with Crippen molar-refractivity contribution >= 4 is 5.97 Å². The predicted octanol–water partition coefficient (Wildman–Crippen LogP) is 4.05. The van der Waals surface area contributed by atoms with Crippen LogP contribution < -0.4 is 0 Å². The number of rotatable bonds is 2. The van der Waals surface area contributed by atoms with Crippen molar-refractivity contribution < 1.29 is 9.53 Å². The van der Waals surface area contributed by atoms with Gasteiger partial charge in [-0.15, -0.1) is 0 Å². The highest BCUT2D eigenvalue weighted by Gasteiger charge is 2.67. The van der Waals surface area contributed by atoms with Gasteiger partial charge in [-0.3, -0.25) is 4.79 Å². The van der Waals surface area contributed by atoms with E-state index >= 15 is 0 Å². The SMILES string of the molecule is O=C1C[C@@](c2ccccc2)(C23CC4CC(CC(C4)C2)C3)O1.